The molecule has 1 aliphatic rings. The molecule has 1 saturated carbocycles. The second-order valence-electron chi connectivity index (χ2n) is 8.46. The van der Waals surface area contributed by atoms with Gasteiger partial charge < -0.3 is 4.74 Å². The first-order valence-corrected chi connectivity index (χ1v) is 10.9. The molecule has 3 aromatic heterocycles. The van der Waals surface area contributed by atoms with Gasteiger partial charge in [0.2, 0.25) is 0 Å². The van der Waals surface area contributed by atoms with Gasteiger partial charge in [0.05, 0.1) is 17.4 Å². The van der Waals surface area contributed by atoms with Crippen molar-refractivity contribution in [3.05, 3.63) is 42.5 Å². The second kappa shape index (κ2) is 9.47. The quantitative estimate of drug-likeness (QED) is 0.519. The smallest absolute Gasteiger partial charge is 0.141 e. The Hall–Kier alpha value is -2.60. The number of nitrogens with zero attached hydrogens (tertiary/aromatic N) is 4. The number of ether oxygens (including phenoxy) is 1. The van der Waals surface area contributed by atoms with Gasteiger partial charge in [-0.15, -0.1) is 0 Å². The lowest BCUT2D eigenvalue weighted by Gasteiger charge is -2.27. The van der Waals surface area contributed by atoms with E-state index in [1.807, 2.05) is 43.8 Å². The summed E-state index contributed by atoms with van der Waals surface area (Å²) in [5.41, 5.74) is 3.54. The van der Waals surface area contributed by atoms with Crippen LogP contribution in [0.25, 0.3) is 22.2 Å². The van der Waals surface area contributed by atoms with Crippen molar-refractivity contribution in [3.8, 4) is 11.3 Å². The second-order valence-corrected chi connectivity index (χ2v) is 8.46. The third-order valence-electron chi connectivity index (χ3n) is 6.25. The van der Waals surface area contributed by atoms with Crippen molar-refractivity contribution in [2.45, 2.75) is 44.9 Å². The van der Waals surface area contributed by atoms with Crippen molar-refractivity contribution in [2.24, 2.45) is 18.9 Å². The number of carbonyl (C=O) groups excluding carboxylic acids is 1. The zero-order chi connectivity index (χ0) is 20.9. The zero-order valence-electron chi connectivity index (χ0n) is 17.9. The summed E-state index contributed by atoms with van der Waals surface area (Å²) in [4.78, 5) is 22.2. The number of Topliss-reactive ketones (excluding diaryl/α,β-unsaturated/α-hetero) is 1. The van der Waals surface area contributed by atoms with Crippen LogP contribution in [0.2, 0.25) is 0 Å². The third kappa shape index (κ3) is 4.93. The molecule has 0 bridgehead atoms. The summed E-state index contributed by atoms with van der Waals surface area (Å²) in [6, 6.07) is 5.97. The highest BCUT2D eigenvalue weighted by Gasteiger charge is 2.26. The van der Waals surface area contributed by atoms with Crippen LogP contribution in [0.4, 0.5) is 0 Å². The molecule has 6 heteroatoms. The minimum atomic E-state index is 0.177. The molecule has 30 heavy (non-hydrogen) atoms. The van der Waals surface area contributed by atoms with Crippen LogP contribution in [0.1, 0.15) is 44.2 Å². The molecule has 0 atom stereocenters. The maximum atomic E-state index is 12.9. The van der Waals surface area contributed by atoms with E-state index in [2.05, 4.69) is 10.1 Å². The van der Waals surface area contributed by atoms with Gasteiger partial charge in [-0.05, 0) is 62.6 Å². The van der Waals surface area contributed by atoms with Crippen LogP contribution in [-0.4, -0.2) is 39.2 Å². The summed E-state index contributed by atoms with van der Waals surface area (Å²) in [5, 5.41) is 5.20. The number of fused-ring (bicyclic) bond motifs is 1. The molecule has 4 rings (SSSR count). The van der Waals surface area contributed by atoms with E-state index in [0.29, 0.717) is 12.2 Å². The van der Waals surface area contributed by atoms with Gasteiger partial charge in [0, 0.05) is 62.1 Å². The number of hydrogen-bond acceptors (Lipinski definition) is 5. The molecule has 3 heterocycles. The highest BCUT2D eigenvalue weighted by atomic mass is 16.5. The summed E-state index contributed by atoms with van der Waals surface area (Å²) < 4.78 is 6.92. The normalized spacial score (nSPS) is 19.3. The van der Waals surface area contributed by atoms with Gasteiger partial charge in [-0.1, -0.05) is 0 Å². The molecular weight excluding hydrogens is 376 g/mol. The number of pyridine rings is 2. The molecule has 0 unspecified atom stereocenters. The average molecular weight is 407 g/mol. The lowest BCUT2D eigenvalue weighted by molar-refractivity contribution is -0.123. The van der Waals surface area contributed by atoms with Crippen LogP contribution in [-0.2, 0) is 23.0 Å². The van der Waals surface area contributed by atoms with Gasteiger partial charge in [0.1, 0.15) is 5.78 Å². The van der Waals surface area contributed by atoms with Crippen molar-refractivity contribution in [2.75, 3.05) is 13.7 Å². The first-order chi connectivity index (χ1) is 14.6. The Kier molecular flexibility index (Phi) is 6.53. The van der Waals surface area contributed by atoms with Crippen LogP contribution >= 0.6 is 0 Å². The third-order valence-corrected chi connectivity index (χ3v) is 6.25. The predicted octanol–water partition coefficient (Wildman–Crippen LogP) is 4.37. The average Bonchev–Trinajstić information content (AvgIpc) is 3.20. The van der Waals surface area contributed by atoms with E-state index in [0.717, 1.165) is 72.5 Å². The Labute approximate surface area is 177 Å². The maximum Gasteiger partial charge on any atom is 0.141 e. The SMILES string of the molecule is COCCCC1CCC(C(=O)Cc2cc3nc(-c4cnn(C)c4)ccc3cn2)CC1. The summed E-state index contributed by atoms with van der Waals surface area (Å²) in [6.45, 7) is 0.836. The van der Waals surface area contributed by atoms with Crippen molar-refractivity contribution >= 4 is 16.7 Å². The fourth-order valence-corrected chi connectivity index (χ4v) is 4.48. The molecule has 6 nitrogen and oxygen atoms in total. The van der Waals surface area contributed by atoms with E-state index in [-0.39, 0.29) is 5.92 Å². The van der Waals surface area contributed by atoms with Crippen LogP contribution < -0.4 is 0 Å². The van der Waals surface area contributed by atoms with E-state index in [9.17, 15) is 4.79 Å². The molecule has 0 spiro atoms. The zero-order valence-corrected chi connectivity index (χ0v) is 17.9. The standard InChI is InChI=1S/C24H30N4O2/c1-28-16-20(15-26-28)22-10-9-19-14-25-21(12-23(19)27-22)13-24(29)18-7-5-17(6-8-18)4-3-11-30-2/h9-10,12,14-18H,3-8,11,13H2,1-2H3. The molecule has 0 N–H and O–H groups in total. The molecule has 1 aliphatic carbocycles. The lowest BCUT2D eigenvalue weighted by Crippen LogP contribution is -2.23. The first kappa shape index (κ1) is 20.7. The van der Waals surface area contributed by atoms with Crippen molar-refractivity contribution < 1.29 is 9.53 Å². The van der Waals surface area contributed by atoms with E-state index in [1.54, 1.807) is 11.8 Å². The highest BCUT2D eigenvalue weighted by molar-refractivity contribution is 5.85. The number of carbonyl (C=O) groups is 1. The number of aryl methyl sites for hydroxylation is 1. The lowest BCUT2D eigenvalue weighted by atomic mass is 9.77. The topological polar surface area (TPSA) is 69.9 Å². The largest absolute Gasteiger partial charge is 0.385 e. The molecule has 0 aromatic carbocycles. The number of methoxy groups -OCH3 is 1. The van der Waals surface area contributed by atoms with Crippen molar-refractivity contribution in [1.82, 2.24) is 19.7 Å². The molecule has 3 aromatic rings. The molecule has 0 aliphatic heterocycles. The van der Waals surface area contributed by atoms with Crippen LogP contribution in [0.15, 0.2) is 36.8 Å². The molecule has 0 saturated heterocycles. The monoisotopic (exact) mass is 406 g/mol. The van der Waals surface area contributed by atoms with E-state index in [1.165, 1.54) is 6.42 Å². The van der Waals surface area contributed by atoms with Gasteiger partial charge in [0.15, 0.2) is 0 Å². The van der Waals surface area contributed by atoms with Crippen LogP contribution in [0.5, 0.6) is 0 Å². The van der Waals surface area contributed by atoms with Gasteiger partial charge in [-0.3, -0.25) is 14.5 Å². The van der Waals surface area contributed by atoms with Gasteiger partial charge in [0.25, 0.3) is 0 Å². The summed E-state index contributed by atoms with van der Waals surface area (Å²) in [5.74, 6) is 1.24. The molecule has 0 amide bonds. The number of hydrogen-bond donors (Lipinski definition) is 0. The fourth-order valence-electron chi connectivity index (χ4n) is 4.48. The van der Waals surface area contributed by atoms with Gasteiger partial charge in [-0.2, -0.15) is 5.10 Å². The van der Waals surface area contributed by atoms with Crippen LogP contribution in [0, 0.1) is 11.8 Å². The Morgan fingerprint density at radius 3 is 2.77 bits per heavy atom. The Bertz CT molecular complexity index is 1010. The Balaban J connectivity index is 1.39. The minimum Gasteiger partial charge on any atom is -0.385 e. The van der Waals surface area contributed by atoms with Crippen molar-refractivity contribution in [3.63, 3.8) is 0 Å². The Morgan fingerprint density at radius 1 is 1.20 bits per heavy atom. The van der Waals surface area contributed by atoms with E-state index < -0.39 is 0 Å². The Morgan fingerprint density at radius 2 is 2.03 bits per heavy atom. The minimum absolute atomic E-state index is 0.177. The molecular formula is C24H30N4O2. The van der Waals surface area contributed by atoms with E-state index >= 15 is 0 Å². The number of ketones is 1. The highest BCUT2D eigenvalue weighted by Crippen LogP contribution is 2.32. The summed E-state index contributed by atoms with van der Waals surface area (Å²) in [6.07, 6.45) is 12.6. The number of aromatic nitrogens is 4. The van der Waals surface area contributed by atoms with E-state index in [4.69, 9.17) is 9.72 Å². The predicted molar refractivity (Wildman–Crippen MR) is 117 cm³/mol. The van der Waals surface area contributed by atoms with Gasteiger partial charge in [-0.25, -0.2) is 4.98 Å². The summed E-state index contributed by atoms with van der Waals surface area (Å²) in [7, 11) is 3.65. The summed E-state index contributed by atoms with van der Waals surface area (Å²) >= 11 is 0. The maximum absolute atomic E-state index is 12.9. The molecule has 1 fully saturated rings. The molecule has 158 valence electrons. The number of rotatable bonds is 8. The van der Waals surface area contributed by atoms with Crippen LogP contribution in [0.3, 0.4) is 0 Å². The first-order valence-electron chi connectivity index (χ1n) is 10.9. The fraction of sp³-hybridized carbons (Fsp3) is 0.500. The molecule has 0 radical (unpaired) electrons. The van der Waals surface area contributed by atoms with Gasteiger partial charge >= 0.3 is 0 Å². The van der Waals surface area contributed by atoms with Crippen molar-refractivity contribution in [1.29, 1.82) is 0 Å².